The van der Waals surface area contributed by atoms with Crippen molar-refractivity contribution in [3.8, 4) is 5.75 Å². The standard InChI is InChI=1S/C14H20F3NO2.ClH/c1-13(2,3)12(18)8-11(19)9-4-6-10(7-5-9)20-14(15,16)17;/h4-7,11-12,19H,8,18H2,1-3H3;1H/t11-,12-;/m1./s1. The number of hydrogen-bond acceptors (Lipinski definition) is 3. The molecule has 3 nitrogen and oxygen atoms in total. The number of hydrogen-bond donors (Lipinski definition) is 2. The van der Waals surface area contributed by atoms with Crippen LogP contribution >= 0.6 is 12.4 Å². The van der Waals surface area contributed by atoms with Gasteiger partial charge in [0.2, 0.25) is 0 Å². The first-order chi connectivity index (χ1) is 8.99. The molecule has 0 fully saturated rings. The molecule has 0 unspecified atom stereocenters. The van der Waals surface area contributed by atoms with E-state index in [9.17, 15) is 18.3 Å². The van der Waals surface area contributed by atoms with Gasteiger partial charge in [-0.2, -0.15) is 0 Å². The van der Waals surface area contributed by atoms with E-state index >= 15 is 0 Å². The highest BCUT2D eigenvalue weighted by Crippen LogP contribution is 2.28. The van der Waals surface area contributed by atoms with E-state index in [2.05, 4.69) is 4.74 Å². The first-order valence-electron chi connectivity index (χ1n) is 6.28. The minimum absolute atomic E-state index is 0. The van der Waals surface area contributed by atoms with Crippen LogP contribution in [0.4, 0.5) is 13.2 Å². The van der Waals surface area contributed by atoms with Crippen molar-refractivity contribution >= 4 is 12.4 Å². The van der Waals surface area contributed by atoms with Gasteiger partial charge >= 0.3 is 6.36 Å². The van der Waals surface area contributed by atoms with Crippen LogP contribution in [-0.4, -0.2) is 17.5 Å². The van der Waals surface area contributed by atoms with Gasteiger partial charge in [-0.3, -0.25) is 0 Å². The molecule has 1 rings (SSSR count). The molecule has 0 aromatic heterocycles. The van der Waals surface area contributed by atoms with Gasteiger partial charge in [-0.05, 0) is 29.5 Å². The Morgan fingerprint density at radius 3 is 2.00 bits per heavy atom. The number of nitrogens with two attached hydrogens (primary N) is 1. The quantitative estimate of drug-likeness (QED) is 0.884. The van der Waals surface area contributed by atoms with Gasteiger partial charge in [-0.15, -0.1) is 25.6 Å². The topological polar surface area (TPSA) is 55.5 Å². The minimum atomic E-state index is -4.71. The highest BCUT2D eigenvalue weighted by Gasteiger charge is 2.31. The van der Waals surface area contributed by atoms with Gasteiger partial charge in [0.25, 0.3) is 0 Å². The van der Waals surface area contributed by atoms with E-state index in [0.717, 1.165) is 0 Å². The summed E-state index contributed by atoms with van der Waals surface area (Å²) in [5.74, 6) is -0.312. The Labute approximate surface area is 128 Å². The van der Waals surface area contributed by atoms with E-state index in [1.54, 1.807) is 0 Å². The maximum atomic E-state index is 12.0. The molecule has 0 aliphatic heterocycles. The monoisotopic (exact) mass is 327 g/mol. The first kappa shape index (κ1) is 20.0. The van der Waals surface area contributed by atoms with Crippen molar-refractivity contribution in [2.24, 2.45) is 11.1 Å². The van der Waals surface area contributed by atoms with Crippen molar-refractivity contribution in [2.75, 3.05) is 0 Å². The SMILES string of the molecule is CC(C)(C)[C@H](N)C[C@@H](O)c1ccc(OC(F)(F)F)cc1.Cl. The lowest BCUT2D eigenvalue weighted by Gasteiger charge is -2.29. The molecule has 0 bridgehead atoms. The third-order valence-electron chi connectivity index (χ3n) is 3.09. The Morgan fingerprint density at radius 2 is 1.62 bits per heavy atom. The van der Waals surface area contributed by atoms with Gasteiger partial charge < -0.3 is 15.6 Å². The fourth-order valence-corrected chi connectivity index (χ4v) is 1.62. The van der Waals surface area contributed by atoms with Crippen LogP contribution in [0.5, 0.6) is 5.75 Å². The van der Waals surface area contributed by atoms with Crippen LogP contribution in [0.2, 0.25) is 0 Å². The average molecular weight is 328 g/mol. The van der Waals surface area contributed by atoms with E-state index in [1.807, 2.05) is 20.8 Å². The molecule has 1 aromatic rings. The summed E-state index contributed by atoms with van der Waals surface area (Å²) in [5.41, 5.74) is 6.33. The Hall–Kier alpha value is -0.980. The van der Waals surface area contributed by atoms with Gasteiger partial charge in [0, 0.05) is 6.04 Å². The van der Waals surface area contributed by atoms with Crippen LogP contribution in [0.3, 0.4) is 0 Å². The van der Waals surface area contributed by atoms with Crippen molar-refractivity contribution in [1.29, 1.82) is 0 Å². The molecule has 0 amide bonds. The zero-order chi connectivity index (χ0) is 15.6. The maximum Gasteiger partial charge on any atom is 0.573 e. The summed E-state index contributed by atoms with van der Waals surface area (Å²) in [6, 6.07) is 4.94. The summed E-state index contributed by atoms with van der Waals surface area (Å²) in [6.45, 7) is 5.89. The van der Waals surface area contributed by atoms with Crippen LogP contribution in [0, 0.1) is 5.41 Å². The number of alkyl halides is 3. The second-order valence-corrected chi connectivity index (χ2v) is 5.84. The molecule has 0 heterocycles. The van der Waals surface area contributed by atoms with Gasteiger partial charge in [0.1, 0.15) is 5.75 Å². The molecule has 122 valence electrons. The van der Waals surface area contributed by atoms with Crippen LogP contribution in [0.15, 0.2) is 24.3 Å². The predicted octanol–water partition coefficient (Wildman–Crippen LogP) is 3.80. The molecule has 0 aliphatic rings. The summed E-state index contributed by atoms with van der Waals surface area (Å²) in [6.07, 6.45) is -5.19. The van der Waals surface area contributed by atoms with E-state index in [-0.39, 0.29) is 29.6 Å². The van der Waals surface area contributed by atoms with Gasteiger partial charge in [0.05, 0.1) is 6.10 Å². The largest absolute Gasteiger partial charge is 0.573 e. The molecule has 21 heavy (non-hydrogen) atoms. The van der Waals surface area contributed by atoms with Crippen molar-refractivity contribution in [3.05, 3.63) is 29.8 Å². The number of rotatable bonds is 4. The van der Waals surface area contributed by atoms with Gasteiger partial charge in [-0.25, -0.2) is 0 Å². The summed E-state index contributed by atoms with van der Waals surface area (Å²) in [4.78, 5) is 0. The van der Waals surface area contributed by atoms with E-state index in [4.69, 9.17) is 5.73 Å². The molecular weight excluding hydrogens is 307 g/mol. The fourth-order valence-electron chi connectivity index (χ4n) is 1.62. The smallest absolute Gasteiger partial charge is 0.406 e. The van der Waals surface area contributed by atoms with E-state index in [1.165, 1.54) is 24.3 Å². The number of benzene rings is 1. The lowest BCUT2D eigenvalue weighted by molar-refractivity contribution is -0.274. The van der Waals surface area contributed by atoms with Crippen molar-refractivity contribution in [2.45, 2.75) is 45.7 Å². The minimum Gasteiger partial charge on any atom is -0.406 e. The van der Waals surface area contributed by atoms with Gasteiger partial charge in [0.15, 0.2) is 0 Å². The Bertz CT molecular complexity index is 429. The normalized spacial score (nSPS) is 15.0. The summed E-state index contributed by atoms with van der Waals surface area (Å²) >= 11 is 0. The zero-order valence-corrected chi connectivity index (χ0v) is 13.0. The molecule has 1 aromatic carbocycles. The number of halogens is 4. The fraction of sp³-hybridized carbons (Fsp3) is 0.571. The van der Waals surface area contributed by atoms with Crippen LogP contribution in [-0.2, 0) is 0 Å². The number of ether oxygens (including phenoxy) is 1. The van der Waals surface area contributed by atoms with E-state index < -0.39 is 12.5 Å². The molecule has 7 heteroatoms. The van der Waals surface area contributed by atoms with Crippen molar-refractivity contribution < 1.29 is 23.0 Å². The number of aliphatic hydroxyl groups is 1. The highest BCUT2D eigenvalue weighted by molar-refractivity contribution is 5.85. The summed E-state index contributed by atoms with van der Waals surface area (Å²) in [7, 11) is 0. The summed E-state index contributed by atoms with van der Waals surface area (Å²) < 4.78 is 39.8. The predicted molar refractivity (Wildman–Crippen MR) is 77.4 cm³/mol. The van der Waals surface area contributed by atoms with E-state index in [0.29, 0.717) is 12.0 Å². The maximum absolute atomic E-state index is 12.0. The van der Waals surface area contributed by atoms with Crippen molar-refractivity contribution in [1.82, 2.24) is 0 Å². The van der Waals surface area contributed by atoms with Crippen LogP contribution in [0.1, 0.15) is 38.9 Å². The Balaban J connectivity index is 0.00000400. The third-order valence-corrected chi connectivity index (χ3v) is 3.09. The second kappa shape index (κ2) is 7.33. The lowest BCUT2D eigenvalue weighted by atomic mass is 9.83. The second-order valence-electron chi connectivity index (χ2n) is 5.84. The Kier molecular flexibility index (Phi) is 6.99. The molecule has 0 saturated carbocycles. The summed E-state index contributed by atoms with van der Waals surface area (Å²) in [5, 5.41) is 10.0. The first-order valence-corrected chi connectivity index (χ1v) is 6.28. The van der Waals surface area contributed by atoms with Gasteiger partial charge in [-0.1, -0.05) is 32.9 Å². The molecular formula is C14H21ClF3NO2. The van der Waals surface area contributed by atoms with Crippen LogP contribution in [0.25, 0.3) is 0 Å². The average Bonchev–Trinajstić information content (AvgIpc) is 2.26. The molecule has 2 atom stereocenters. The molecule has 0 saturated heterocycles. The van der Waals surface area contributed by atoms with Crippen molar-refractivity contribution in [3.63, 3.8) is 0 Å². The number of aliphatic hydroxyl groups excluding tert-OH is 1. The molecule has 3 N–H and O–H groups in total. The molecule has 0 aliphatic carbocycles. The third kappa shape index (κ3) is 7.02. The zero-order valence-electron chi connectivity index (χ0n) is 12.1. The molecule has 0 spiro atoms. The highest BCUT2D eigenvalue weighted by atomic mass is 35.5. The lowest BCUT2D eigenvalue weighted by Crippen LogP contribution is -2.36. The molecule has 0 radical (unpaired) electrons. The van der Waals surface area contributed by atoms with Crippen LogP contribution < -0.4 is 10.5 Å². The Morgan fingerprint density at radius 1 is 1.14 bits per heavy atom.